The van der Waals surface area contributed by atoms with E-state index in [9.17, 15) is 27.6 Å². The molecule has 0 aliphatic carbocycles. The van der Waals surface area contributed by atoms with Gasteiger partial charge in [-0.05, 0) is 25.0 Å². The van der Waals surface area contributed by atoms with Crippen LogP contribution < -0.4 is 10.6 Å². The van der Waals surface area contributed by atoms with E-state index in [0.717, 1.165) is 0 Å². The largest absolute Gasteiger partial charge is 0.471 e. The molecule has 2 aliphatic rings. The molecular formula is C21H25F3N4O5. The maximum absolute atomic E-state index is 12.9. The molecule has 0 radical (unpaired) electrons. The number of halogens is 3. The zero-order valence-electron chi connectivity index (χ0n) is 17.7. The Balaban J connectivity index is 1.55. The normalized spacial score (nSPS) is 19.6. The molecule has 0 unspecified atom stereocenters. The number of amides is 3. The summed E-state index contributed by atoms with van der Waals surface area (Å²) < 4.78 is 47.7. The molecule has 1 atom stereocenters. The average molecular weight is 470 g/mol. The third kappa shape index (κ3) is 6.51. The van der Waals surface area contributed by atoms with Gasteiger partial charge in [0.05, 0.1) is 19.3 Å². The lowest BCUT2D eigenvalue weighted by Gasteiger charge is -2.38. The minimum Gasteiger partial charge on any atom is -0.381 e. The first kappa shape index (κ1) is 24.6. The summed E-state index contributed by atoms with van der Waals surface area (Å²) in [6, 6.07) is 4.88. The zero-order chi connectivity index (χ0) is 24.0. The van der Waals surface area contributed by atoms with Gasteiger partial charge in [0, 0.05) is 43.3 Å². The highest BCUT2D eigenvalue weighted by Crippen LogP contribution is 2.20. The van der Waals surface area contributed by atoms with Crippen molar-refractivity contribution in [1.82, 2.24) is 15.5 Å². The van der Waals surface area contributed by atoms with E-state index in [0.29, 0.717) is 45.8 Å². The van der Waals surface area contributed by atoms with Crippen LogP contribution in [0.4, 0.5) is 13.2 Å². The summed E-state index contributed by atoms with van der Waals surface area (Å²) in [4.78, 5) is 38.1. The quantitative estimate of drug-likeness (QED) is 0.439. The van der Waals surface area contributed by atoms with E-state index < -0.39 is 23.8 Å². The molecule has 2 fully saturated rings. The van der Waals surface area contributed by atoms with Gasteiger partial charge in [-0.2, -0.15) is 13.2 Å². The summed E-state index contributed by atoms with van der Waals surface area (Å²) in [5.41, 5.74) is 0.228. The second-order valence-corrected chi connectivity index (χ2v) is 7.76. The number of morpholine rings is 1. The van der Waals surface area contributed by atoms with Crippen LogP contribution in [0.3, 0.4) is 0 Å². The number of ether oxygens (including phenoxy) is 2. The highest BCUT2D eigenvalue weighted by atomic mass is 19.4. The smallest absolute Gasteiger partial charge is 0.381 e. The van der Waals surface area contributed by atoms with Crippen LogP contribution in [0.5, 0.6) is 0 Å². The molecule has 0 saturated carbocycles. The molecule has 12 heteroatoms. The van der Waals surface area contributed by atoms with Crippen molar-refractivity contribution in [2.45, 2.75) is 25.1 Å². The highest BCUT2D eigenvalue weighted by molar-refractivity contribution is 6.08. The van der Waals surface area contributed by atoms with Crippen molar-refractivity contribution in [1.29, 1.82) is 5.41 Å². The minimum atomic E-state index is -5.10. The molecule has 2 saturated heterocycles. The molecule has 9 nitrogen and oxygen atoms in total. The molecule has 0 spiro atoms. The summed E-state index contributed by atoms with van der Waals surface area (Å²) in [5, 5.41) is 11.8. The Morgan fingerprint density at radius 3 is 2.30 bits per heavy atom. The Bertz CT molecular complexity index is 885. The third-order valence-electron chi connectivity index (χ3n) is 5.51. The minimum absolute atomic E-state index is 0.0121. The van der Waals surface area contributed by atoms with Crippen LogP contribution >= 0.6 is 0 Å². The SMILES string of the molecule is N=C(NC(=O)C(F)(F)F)c1ccc(C(=O)NC[C@H]2COCCN2C(=O)C2CCOCC2)cc1. The molecule has 2 heterocycles. The monoisotopic (exact) mass is 470 g/mol. The van der Waals surface area contributed by atoms with E-state index in [4.69, 9.17) is 14.9 Å². The second kappa shape index (κ2) is 10.8. The number of carbonyl (C=O) groups is 3. The number of carbonyl (C=O) groups excluding carboxylic acids is 3. The van der Waals surface area contributed by atoms with E-state index in [1.54, 1.807) is 4.90 Å². The fourth-order valence-electron chi connectivity index (χ4n) is 3.65. The summed E-state index contributed by atoms with van der Waals surface area (Å²) in [6.07, 6.45) is -3.77. The van der Waals surface area contributed by atoms with E-state index in [-0.39, 0.29) is 35.5 Å². The van der Waals surface area contributed by atoms with Crippen LogP contribution in [0, 0.1) is 11.3 Å². The molecule has 180 valence electrons. The second-order valence-electron chi connectivity index (χ2n) is 7.76. The molecule has 33 heavy (non-hydrogen) atoms. The predicted octanol–water partition coefficient (Wildman–Crippen LogP) is 1.07. The first-order chi connectivity index (χ1) is 15.7. The van der Waals surface area contributed by atoms with Gasteiger partial charge < -0.3 is 25.0 Å². The van der Waals surface area contributed by atoms with Crippen LogP contribution in [0.1, 0.15) is 28.8 Å². The lowest BCUT2D eigenvalue weighted by atomic mass is 9.97. The Hall–Kier alpha value is -2.99. The van der Waals surface area contributed by atoms with Crippen molar-refractivity contribution < 1.29 is 37.0 Å². The summed E-state index contributed by atoms with van der Waals surface area (Å²) in [6.45, 7) is 2.44. The Morgan fingerprint density at radius 1 is 1.03 bits per heavy atom. The fraction of sp³-hybridized carbons (Fsp3) is 0.524. The zero-order valence-corrected chi connectivity index (χ0v) is 17.7. The van der Waals surface area contributed by atoms with E-state index in [1.807, 2.05) is 0 Å². The number of benzene rings is 1. The van der Waals surface area contributed by atoms with Gasteiger partial charge in [0.15, 0.2) is 0 Å². The van der Waals surface area contributed by atoms with Crippen LogP contribution in [-0.2, 0) is 19.1 Å². The van der Waals surface area contributed by atoms with E-state index in [2.05, 4.69) is 5.32 Å². The van der Waals surface area contributed by atoms with Gasteiger partial charge in [-0.25, -0.2) is 0 Å². The predicted molar refractivity (Wildman–Crippen MR) is 110 cm³/mol. The van der Waals surface area contributed by atoms with Crippen molar-refractivity contribution in [3.05, 3.63) is 35.4 Å². The van der Waals surface area contributed by atoms with Crippen molar-refractivity contribution >= 4 is 23.6 Å². The van der Waals surface area contributed by atoms with Crippen molar-refractivity contribution in [3.63, 3.8) is 0 Å². The van der Waals surface area contributed by atoms with Crippen LogP contribution in [-0.4, -0.2) is 80.2 Å². The van der Waals surface area contributed by atoms with Crippen LogP contribution in [0.15, 0.2) is 24.3 Å². The molecule has 3 rings (SSSR count). The van der Waals surface area contributed by atoms with Gasteiger partial charge in [-0.1, -0.05) is 12.1 Å². The molecule has 0 aromatic heterocycles. The molecular weight excluding hydrogens is 445 g/mol. The fourth-order valence-corrected chi connectivity index (χ4v) is 3.65. The first-order valence-electron chi connectivity index (χ1n) is 10.5. The molecule has 2 aliphatic heterocycles. The first-order valence-corrected chi connectivity index (χ1v) is 10.5. The molecule has 0 bridgehead atoms. The summed E-state index contributed by atoms with van der Waals surface area (Å²) >= 11 is 0. The van der Waals surface area contributed by atoms with Crippen molar-refractivity contribution in [2.24, 2.45) is 5.92 Å². The lowest BCUT2D eigenvalue weighted by molar-refractivity contribution is -0.171. The van der Waals surface area contributed by atoms with E-state index in [1.165, 1.54) is 29.6 Å². The van der Waals surface area contributed by atoms with Gasteiger partial charge >= 0.3 is 12.1 Å². The third-order valence-corrected chi connectivity index (χ3v) is 5.51. The molecule has 3 amide bonds. The molecule has 1 aromatic rings. The number of rotatable bonds is 5. The standard InChI is InChI=1S/C21H25F3N4O5/c22-21(23,24)20(31)27-17(25)13-1-3-14(4-2-13)18(29)26-11-16-12-33-10-7-28(16)19(30)15-5-8-32-9-6-15/h1-4,15-16H,5-12H2,(H,26,29)(H2,25,27,31)/t16-/m0/s1. The van der Waals surface area contributed by atoms with Gasteiger partial charge in [-0.3, -0.25) is 19.8 Å². The lowest BCUT2D eigenvalue weighted by Crippen LogP contribution is -2.55. The maximum Gasteiger partial charge on any atom is 0.471 e. The summed E-state index contributed by atoms with van der Waals surface area (Å²) in [5.74, 6) is -3.49. The number of amidine groups is 1. The number of hydrogen-bond donors (Lipinski definition) is 3. The highest BCUT2D eigenvalue weighted by Gasteiger charge is 2.39. The van der Waals surface area contributed by atoms with Crippen molar-refractivity contribution in [3.8, 4) is 0 Å². The van der Waals surface area contributed by atoms with Gasteiger partial charge in [0.1, 0.15) is 5.84 Å². The van der Waals surface area contributed by atoms with Gasteiger partial charge in [0.25, 0.3) is 5.91 Å². The van der Waals surface area contributed by atoms with Crippen molar-refractivity contribution in [2.75, 3.05) is 39.5 Å². The number of nitrogens with one attached hydrogen (secondary N) is 3. The Kier molecular flexibility index (Phi) is 8.03. The van der Waals surface area contributed by atoms with Gasteiger partial charge in [0.2, 0.25) is 5.91 Å². The number of alkyl halides is 3. The summed E-state index contributed by atoms with van der Waals surface area (Å²) in [7, 11) is 0. The number of nitrogens with zero attached hydrogens (tertiary/aromatic N) is 1. The van der Waals surface area contributed by atoms with E-state index >= 15 is 0 Å². The average Bonchev–Trinajstić information content (AvgIpc) is 2.82. The van der Waals surface area contributed by atoms with Crippen LogP contribution in [0.25, 0.3) is 0 Å². The Labute approximate surface area is 188 Å². The Morgan fingerprint density at radius 2 is 1.67 bits per heavy atom. The maximum atomic E-state index is 12.9. The molecule has 1 aromatic carbocycles. The van der Waals surface area contributed by atoms with Crippen LogP contribution in [0.2, 0.25) is 0 Å². The van der Waals surface area contributed by atoms with Gasteiger partial charge in [-0.15, -0.1) is 0 Å². The topological polar surface area (TPSA) is 121 Å². The molecule has 3 N–H and O–H groups in total. The number of hydrogen-bond acceptors (Lipinski definition) is 6.